The summed E-state index contributed by atoms with van der Waals surface area (Å²) in [6.45, 7) is 7.15. The molecular weight excluding hydrogens is 601 g/mol. The van der Waals surface area contributed by atoms with Crippen molar-refractivity contribution in [1.82, 2.24) is 19.2 Å². The number of hydrogen-bond donors (Lipinski definition) is 2. The average Bonchev–Trinajstić information content (AvgIpc) is 3.47. The van der Waals surface area contributed by atoms with Gasteiger partial charge in [-0.3, -0.25) is 14.1 Å². The van der Waals surface area contributed by atoms with Crippen LogP contribution in [0.4, 0.5) is 30.2 Å². The third-order valence-corrected chi connectivity index (χ3v) is 8.35. The van der Waals surface area contributed by atoms with E-state index in [4.69, 9.17) is 0 Å². The summed E-state index contributed by atoms with van der Waals surface area (Å²) in [5.41, 5.74) is 5.64. The Morgan fingerprint density at radius 3 is 2.40 bits per heavy atom. The van der Waals surface area contributed by atoms with E-state index in [1.807, 2.05) is 72.8 Å². The smallest absolute Gasteiger partial charge is 0.352 e. The number of benzene rings is 3. The van der Waals surface area contributed by atoms with Gasteiger partial charge in [-0.2, -0.15) is 13.2 Å². The number of anilines is 3. The van der Waals surface area contributed by atoms with Crippen LogP contribution in [0.2, 0.25) is 0 Å². The van der Waals surface area contributed by atoms with E-state index >= 15 is 0 Å². The van der Waals surface area contributed by atoms with Crippen molar-refractivity contribution in [2.75, 3.05) is 43.9 Å². The Balaban J connectivity index is 1.20. The predicted molar refractivity (Wildman–Crippen MR) is 179 cm³/mol. The lowest BCUT2D eigenvalue weighted by Gasteiger charge is -2.33. The molecular formula is C37H35F3N6O. The molecule has 0 unspecified atom stereocenters. The Morgan fingerprint density at radius 2 is 1.66 bits per heavy atom. The third kappa shape index (κ3) is 7.49. The lowest BCUT2D eigenvalue weighted by molar-refractivity contribution is -0.138. The summed E-state index contributed by atoms with van der Waals surface area (Å²) in [5, 5.41) is 6.05. The van der Waals surface area contributed by atoms with Crippen molar-refractivity contribution in [3.05, 3.63) is 124 Å². The highest BCUT2D eigenvalue weighted by molar-refractivity contribution is 6.04. The van der Waals surface area contributed by atoms with Crippen LogP contribution in [0.1, 0.15) is 43.9 Å². The molecule has 2 aromatic heterocycles. The van der Waals surface area contributed by atoms with Gasteiger partial charge in [0.1, 0.15) is 5.69 Å². The number of aromatic nitrogens is 2. The molecule has 0 radical (unpaired) electrons. The number of hydrogen-bond acceptors (Lipinski definition) is 5. The number of carbonyl (C=O) groups is 1. The topological polar surface area (TPSA) is 64.9 Å². The molecule has 0 spiro atoms. The van der Waals surface area contributed by atoms with Crippen molar-refractivity contribution in [3.8, 4) is 11.8 Å². The fraction of sp³-hybridized carbons (Fsp3) is 0.243. The highest BCUT2D eigenvalue weighted by Crippen LogP contribution is 2.35. The molecule has 1 fully saturated rings. The first-order chi connectivity index (χ1) is 22.5. The Hall–Kier alpha value is -5.11. The summed E-state index contributed by atoms with van der Waals surface area (Å²) >= 11 is 0. The molecule has 1 saturated heterocycles. The molecule has 1 aliphatic heterocycles. The van der Waals surface area contributed by atoms with Crippen LogP contribution >= 0.6 is 0 Å². The first kappa shape index (κ1) is 31.9. The second-order valence-corrected chi connectivity index (χ2v) is 11.9. The van der Waals surface area contributed by atoms with E-state index < -0.39 is 17.6 Å². The van der Waals surface area contributed by atoms with Crippen molar-refractivity contribution >= 4 is 28.6 Å². The fourth-order valence-corrected chi connectivity index (χ4v) is 5.53. The number of fused-ring (bicyclic) bond motifs is 1. The van der Waals surface area contributed by atoms with Crippen molar-refractivity contribution in [1.29, 1.82) is 0 Å². The van der Waals surface area contributed by atoms with Crippen LogP contribution in [0.3, 0.4) is 0 Å². The molecule has 3 heterocycles. The van der Waals surface area contributed by atoms with E-state index in [1.165, 1.54) is 17.7 Å². The molecule has 0 saturated carbocycles. The summed E-state index contributed by atoms with van der Waals surface area (Å²) in [4.78, 5) is 22.0. The van der Waals surface area contributed by atoms with Crippen LogP contribution in [0, 0.1) is 25.7 Å². The zero-order valence-corrected chi connectivity index (χ0v) is 26.4. The van der Waals surface area contributed by atoms with Gasteiger partial charge in [0.2, 0.25) is 0 Å². The maximum Gasteiger partial charge on any atom is 0.416 e. The van der Waals surface area contributed by atoms with E-state index in [-0.39, 0.29) is 23.4 Å². The monoisotopic (exact) mass is 636 g/mol. The number of piperazine rings is 1. The van der Waals surface area contributed by atoms with Gasteiger partial charge >= 0.3 is 6.18 Å². The number of alkyl halides is 3. The predicted octanol–water partition coefficient (Wildman–Crippen LogP) is 7.11. The normalized spacial score (nSPS) is 14.1. The average molecular weight is 637 g/mol. The summed E-state index contributed by atoms with van der Waals surface area (Å²) in [6, 6.07) is 21.0. The highest BCUT2D eigenvalue weighted by atomic mass is 19.4. The maximum absolute atomic E-state index is 14.1. The van der Waals surface area contributed by atoms with E-state index in [0.29, 0.717) is 24.3 Å². The van der Waals surface area contributed by atoms with E-state index in [9.17, 15) is 18.0 Å². The van der Waals surface area contributed by atoms with Gasteiger partial charge in [-0.15, -0.1) is 0 Å². The molecule has 240 valence electrons. The van der Waals surface area contributed by atoms with Crippen LogP contribution in [0.5, 0.6) is 0 Å². The third-order valence-electron chi connectivity index (χ3n) is 8.35. The van der Waals surface area contributed by atoms with Gasteiger partial charge in [0.05, 0.1) is 17.4 Å². The molecule has 0 aliphatic carbocycles. The summed E-state index contributed by atoms with van der Waals surface area (Å²) in [5.74, 6) is 5.80. The second kappa shape index (κ2) is 13.3. The van der Waals surface area contributed by atoms with Crippen LogP contribution in [-0.2, 0) is 12.7 Å². The highest BCUT2D eigenvalue weighted by Gasteiger charge is 2.34. The fourth-order valence-electron chi connectivity index (χ4n) is 5.53. The Morgan fingerprint density at radius 1 is 0.915 bits per heavy atom. The van der Waals surface area contributed by atoms with Crippen molar-refractivity contribution in [3.63, 3.8) is 0 Å². The van der Waals surface area contributed by atoms with Gasteiger partial charge < -0.3 is 15.5 Å². The zero-order valence-electron chi connectivity index (χ0n) is 26.4. The lowest BCUT2D eigenvalue weighted by Crippen LogP contribution is -2.44. The summed E-state index contributed by atoms with van der Waals surface area (Å²) in [7, 11) is 2.00. The van der Waals surface area contributed by atoms with Crippen LogP contribution in [-0.4, -0.2) is 58.3 Å². The van der Waals surface area contributed by atoms with Crippen LogP contribution < -0.4 is 10.6 Å². The first-order valence-electron chi connectivity index (χ1n) is 15.4. The van der Waals surface area contributed by atoms with Crippen LogP contribution in [0.25, 0.3) is 5.65 Å². The molecule has 0 atom stereocenters. The second-order valence-electron chi connectivity index (χ2n) is 11.9. The minimum atomic E-state index is -4.55. The molecule has 1 amide bonds. The molecule has 47 heavy (non-hydrogen) atoms. The summed E-state index contributed by atoms with van der Waals surface area (Å²) in [6.07, 6.45) is -0.972. The number of imidazole rings is 1. The number of carbonyl (C=O) groups excluding carboxylic acids is 1. The van der Waals surface area contributed by atoms with Gasteiger partial charge in [-0.1, -0.05) is 35.7 Å². The number of nitrogens with zero attached hydrogens (tertiary/aromatic N) is 4. The first-order valence-corrected chi connectivity index (χ1v) is 15.4. The molecule has 3 aromatic carbocycles. The Labute approximate surface area is 272 Å². The SMILES string of the molecule is Cc1ccc(Nc2cccn3c(C#Cc4cc(C(=O)Nc5ccc(CN6CCN(C)CC6)c(C(F)(F)F)c5)ccc4C)cnc23)cc1. The maximum atomic E-state index is 14.1. The molecule has 1 aliphatic rings. The molecule has 0 bridgehead atoms. The molecule has 10 heteroatoms. The molecule has 2 N–H and O–H groups in total. The van der Waals surface area contributed by atoms with Crippen molar-refractivity contribution < 1.29 is 18.0 Å². The molecule has 7 nitrogen and oxygen atoms in total. The minimum absolute atomic E-state index is 0.0819. The van der Waals surface area contributed by atoms with Gasteiger partial charge in [0.15, 0.2) is 5.65 Å². The largest absolute Gasteiger partial charge is 0.416 e. The van der Waals surface area contributed by atoms with Crippen molar-refractivity contribution in [2.45, 2.75) is 26.6 Å². The van der Waals surface area contributed by atoms with Gasteiger partial charge in [-0.25, -0.2) is 4.98 Å². The van der Waals surface area contributed by atoms with Crippen molar-refractivity contribution in [2.24, 2.45) is 0 Å². The number of halogens is 3. The van der Waals surface area contributed by atoms with E-state index in [1.54, 1.807) is 24.4 Å². The number of nitrogens with one attached hydrogen (secondary N) is 2. The zero-order chi connectivity index (χ0) is 33.1. The number of rotatable bonds is 6. The van der Waals surface area contributed by atoms with Gasteiger partial charge in [0.25, 0.3) is 5.91 Å². The lowest BCUT2D eigenvalue weighted by atomic mass is 10.0. The molecule has 6 rings (SSSR count). The summed E-state index contributed by atoms with van der Waals surface area (Å²) < 4.78 is 44.1. The van der Waals surface area contributed by atoms with Gasteiger partial charge in [0, 0.05) is 61.4 Å². The minimum Gasteiger partial charge on any atom is -0.352 e. The van der Waals surface area contributed by atoms with E-state index in [0.717, 1.165) is 41.7 Å². The van der Waals surface area contributed by atoms with Gasteiger partial charge in [-0.05, 0) is 86.5 Å². The quantitative estimate of drug-likeness (QED) is 0.195. The Bertz CT molecular complexity index is 1980. The molecule has 5 aromatic rings. The van der Waals surface area contributed by atoms with Crippen LogP contribution in [0.15, 0.2) is 85.2 Å². The number of likely N-dealkylation sites (N-methyl/N-ethyl adjacent to an activating group) is 1. The number of pyridine rings is 1. The Kier molecular flexibility index (Phi) is 9.03. The number of amides is 1. The number of aryl methyl sites for hydroxylation is 2. The van der Waals surface area contributed by atoms with E-state index in [2.05, 4.69) is 32.4 Å². The standard InChI is InChI=1S/C37H35F3N6O/c1-25-6-12-30(13-7-25)42-34-5-4-16-46-32(23-41-35(34)46)15-11-27-21-28(9-8-26(27)2)36(47)43-31-14-10-29(33(22-31)37(38,39)40)24-45-19-17-44(3)18-20-45/h4-10,12-14,16,21-23,42H,17-20,24H2,1-3H3,(H,43,47).